The van der Waals surface area contributed by atoms with Gasteiger partial charge in [-0.1, -0.05) is 12.1 Å². The summed E-state index contributed by atoms with van der Waals surface area (Å²) in [5.74, 6) is 0.694. The highest BCUT2D eigenvalue weighted by Crippen LogP contribution is 2.35. The molecule has 0 radical (unpaired) electrons. The second-order valence-corrected chi connectivity index (χ2v) is 7.35. The van der Waals surface area contributed by atoms with E-state index in [1.54, 1.807) is 6.07 Å². The third kappa shape index (κ3) is 2.84. The van der Waals surface area contributed by atoms with E-state index in [9.17, 15) is 9.59 Å². The van der Waals surface area contributed by atoms with Gasteiger partial charge in [0.2, 0.25) is 0 Å². The smallest absolute Gasteiger partial charge is 0.253 e. The molecule has 2 aliphatic heterocycles. The lowest BCUT2D eigenvalue weighted by atomic mass is 9.83. The minimum Gasteiger partial charge on any atom is -0.378 e. The van der Waals surface area contributed by atoms with Crippen molar-refractivity contribution < 1.29 is 4.79 Å². The van der Waals surface area contributed by atoms with Crippen LogP contribution in [0.5, 0.6) is 0 Å². The summed E-state index contributed by atoms with van der Waals surface area (Å²) in [6, 6.07) is 13.3. The van der Waals surface area contributed by atoms with E-state index in [2.05, 4.69) is 0 Å². The molecule has 2 aliphatic rings. The number of hydrogen-bond donors (Lipinski definition) is 0. The lowest BCUT2D eigenvalue weighted by Crippen LogP contribution is -2.49. The van der Waals surface area contributed by atoms with Crippen LogP contribution in [0.2, 0.25) is 0 Å². The number of hydrogen-bond acceptors (Lipinski definition) is 3. The van der Waals surface area contributed by atoms with Crippen LogP contribution in [0.4, 0.5) is 5.69 Å². The topological polar surface area (TPSA) is 45.6 Å². The molecule has 2 aromatic rings. The van der Waals surface area contributed by atoms with E-state index >= 15 is 0 Å². The number of pyridine rings is 1. The molecule has 4 rings (SSSR count). The maximum atomic E-state index is 13.0. The van der Waals surface area contributed by atoms with Crippen LogP contribution < -0.4 is 10.5 Å². The van der Waals surface area contributed by atoms with Gasteiger partial charge in [0.05, 0.1) is 0 Å². The lowest BCUT2D eigenvalue weighted by Gasteiger charge is -2.42. The largest absolute Gasteiger partial charge is 0.378 e. The second-order valence-electron chi connectivity index (χ2n) is 7.35. The van der Waals surface area contributed by atoms with E-state index in [1.807, 2.05) is 64.9 Å². The number of carbonyl (C=O) groups excluding carboxylic acids is 1. The molecular formula is C20H23N3O2. The predicted octanol–water partition coefficient (Wildman–Crippen LogP) is 2.17. The van der Waals surface area contributed by atoms with Gasteiger partial charge >= 0.3 is 0 Å². The molecule has 0 aliphatic carbocycles. The Morgan fingerprint density at radius 1 is 1.08 bits per heavy atom. The van der Waals surface area contributed by atoms with Gasteiger partial charge in [0.1, 0.15) is 0 Å². The summed E-state index contributed by atoms with van der Waals surface area (Å²) in [5, 5.41) is 0. The second kappa shape index (κ2) is 6.06. The maximum absolute atomic E-state index is 13.0. The number of anilines is 1. The molecule has 5 nitrogen and oxygen atoms in total. The number of amides is 1. The van der Waals surface area contributed by atoms with Gasteiger partial charge in [-0.25, -0.2) is 0 Å². The molecule has 1 aromatic carbocycles. The molecule has 2 bridgehead atoms. The number of carbonyl (C=O) groups is 1. The number of piperidine rings is 1. The Morgan fingerprint density at radius 2 is 1.88 bits per heavy atom. The molecule has 3 heterocycles. The van der Waals surface area contributed by atoms with Gasteiger partial charge in [-0.3, -0.25) is 9.59 Å². The first-order valence-electron chi connectivity index (χ1n) is 8.79. The van der Waals surface area contributed by atoms with Gasteiger partial charge < -0.3 is 14.4 Å². The van der Waals surface area contributed by atoms with Crippen molar-refractivity contribution in [3.63, 3.8) is 0 Å². The van der Waals surface area contributed by atoms with E-state index in [0.717, 1.165) is 29.9 Å². The van der Waals surface area contributed by atoms with Gasteiger partial charge in [-0.05, 0) is 36.6 Å². The number of nitrogens with zero attached hydrogens (tertiary/aromatic N) is 3. The Balaban J connectivity index is 1.61. The Hall–Kier alpha value is -2.56. The Morgan fingerprint density at radius 3 is 2.68 bits per heavy atom. The Labute approximate surface area is 147 Å². The molecule has 25 heavy (non-hydrogen) atoms. The SMILES string of the molecule is CN(C)c1cccc(C(=O)N2C[C@H]3C[C@@H](C2)c2cccc(=O)n2C3)c1. The van der Waals surface area contributed by atoms with Crippen molar-refractivity contribution in [3.05, 3.63) is 64.1 Å². The number of rotatable bonds is 2. The zero-order chi connectivity index (χ0) is 17.6. The first kappa shape index (κ1) is 15.9. The van der Waals surface area contributed by atoms with Gasteiger partial charge in [0, 0.05) is 62.7 Å². The minimum absolute atomic E-state index is 0.0747. The van der Waals surface area contributed by atoms with Crippen molar-refractivity contribution in [2.45, 2.75) is 18.9 Å². The van der Waals surface area contributed by atoms with E-state index in [0.29, 0.717) is 19.0 Å². The summed E-state index contributed by atoms with van der Waals surface area (Å²) in [6.07, 6.45) is 1.06. The number of aromatic nitrogens is 1. The number of benzene rings is 1. The van der Waals surface area contributed by atoms with Crippen molar-refractivity contribution in [1.82, 2.24) is 9.47 Å². The average Bonchev–Trinajstić information content (AvgIpc) is 2.62. The zero-order valence-electron chi connectivity index (χ0n) is 14.7. The van der Waals surface area contributed by atoms with Gasteiger partial charge in [0.15, 0.2) is 0 Å². The highest BCUT2D eigenvalue weighted by molar-refractivity contribution is 5.95. The first-order valence-corrected chi connectivity index (χ1v) is 8.79. The summed E-state index contributed by atoms with van der Waals surface area (Å²) < 4.78 is 1.90. The van der Waals surface area contributed by atoms with Crippen LogP contribution in [-0.2, 0) is 6.54 Å². The molecule has 130 valence electrons. The van der Waals surface area contributed by atoms with Crippen LogP contribution in [0.15, 0.2) is 47.3 Å². The van der Waals surface area contributed by atoms with Crippen molar-refractivity contribution >= 4 is 11.6 Å². The fourth-order valence-corrected chi connectivity index (χ4v) is 4.16. The fraction of sp³-hybridized carbons (Fsp3) is 0.400. The molecule has 1 fully saturated rings. The van der Waals surface area contributed by atoms with Crippen LogP contribution in [-0.4, -0.2) is 42.6 Å². The third-order valence-corrected chi connectivity index (χ3v) is 5.38. The van der Waals surface area contributed by atoms with E-state index < -0.39 is 0 Å². The molecule has 0 N–H and O–H groups in total. The standard InChI is InChI=1S/C20H23N3O2/c1-21(2)17-6-3-5-15(10-17)20(25)22-11-14-9-16(13-22)18-7-4-8-19(24)23(18)12-14/h3-8,10,14,16H,9,11-13H2,1-2H3/t14-,16+/m1/s1. The summed E-state index contributed by atoms with van der Waals surface area (Å²) in [4.78, 5) is 29.1. The summed E-state index contributed by atoms with van der Waals surface area (Å²) >= 11 is 0. The average molecular weight is 337 g/mol. The maximum Gasteiger partial charge on any atom is 0.253 e. The van der Waals surface area contributed by atoms with Crippen LogP contribution in [0, 0.1) is 5.92 Å². The molecule has 5 heteroatoms. The molecule has 2 atom stereocenters. The molecule has 1 amide bonds. The minimum atomic E-state index is 0.0747. The molecule has 0 spiro atoms. The summed E-state index contributed by atoms with van der Waals surface area (Å²) in [6.45, 7) is 2.13. The summed E-state index contributed by atoms with van der Waals surface area (Å²) in [7, 11) is 3.95. The summed E-state index contributed by atoms with van der Waals surface area (Å²) in [5.41, 5.74) is 2.91. The van der Waals surface area contributed by atoms with Crippen LogP contribution >= 0.6 is 0 Å². The zero-order valence-corrected chi connectivity index (χ0v) is 14.7. The normalized spacial score (nSPS) is 21.6. The molecule has 0 saturated carbocycles. The van der Waals surface area contributed by atoms with Gasteiger partial charge in [-0.2, -0.15) is 0 Å². The van der Waals surface area contributed by atoms with Crippen molar-refractivity contribution in [1.29, 1.82) is 0 Å². The first-order chi connectivity index (χ1) is 12.0. The Kier molecular flexibility index (Phi) is 3.86. The van der Waals surface area contributed by atoms with Crippen LogP contribution in [0.25, 0.3) is 0 Å². The highest BCUT2D eigenvalue weighted by Gasteiger charge is 2.36. The quantitative estimate of drug-likeness (QED) is 0.844. The third-order valence-electron chi connectivity index (χ3n) is 5.38. The highest BCUT2D eigenvalue weighted by atomic mass is 16.2. The van der Waals surface area contributed by atoms with E-state index in [1.165, 1.54) is 0 Å². The monoisotopic (exact) mass is 337 g/mol. The van der Waals surface area contributed by atoms with E-state index in [-0.39, 0.29) is 17.4 Å². The molecule has 0 unspecified atom stereocenters. The number of likely N-dealkylation sites (tertiary alicyclic amines) is 1. The Bertz CT molecular complexity index is 871. The fourth-order valence-electron chi connectivity index (χ4n) is 4.16. The van der Waals surface area contributed by atoms with Crippen molar-refractivity contribution in [3.8, 4) is 0 Å². The molecular weight excluding hydrogens is 314 g/mol. The van der Waals surface area contributed by atoms with Crippen LogP contribution in [0.1, 0.15) is 28.4 Å². The van der Waals surface area contributed by atoms with Gasteiger partial charge in [0.25, 0.3) is 11.5 Å². The molecule has 1 aromatic heterocycles. The van der Waals surface area contributed by atoms with Crippen molar-refractivity contribution in [2.24, 2.45) is 5.92 Å². The molecule has 1 saturated heterocycles. The van der Waals surface area contributed by atoms with Gasteiger partial charge in [-0.15, -0.1) is 0 Å². The van der Waals surface area contributed by atoms with Crippen LogP contribution in [0.3, 0.4) is 0 Å². The van der Waals surface area contributed by atoms with Crippen molar-refractivity contribution in [2.75, 3.05) is 32.1 Å². The predicted molar refractivity (Wildman–Crippen MR) is 98.2 cm³/mol. The lowest BCUT2D eigenvalue weighted by molar-refractivity contribution is 0.0594. The number of fused-ring (bicyclic) bond motifs is 4. The van der Waals surface area contributed by atoms with E-state index in [4.69, 9.17) is 0 Å².